The number of amides is 1. The maximum absolute atomic E-state index is 12.5. The van der Waals surface area contributed by atoms with E-state index in [0.717, 1.165) is 10.0 Å². The first-order valence-electron chi connectivity index (χ1n) is 6.06. The second-order valence-corrected chi connectivity index (χ2v) is 5.76. The van der Waals surface area contributed by atoms with Gasteiger partial charge in [-0.15, -0.1) is 0 Å². The molecule has 1 aromatic rings. The number of likely N-dealkylation sites (N-methyl/N-ethyl adjacent to an activating group) is 1. The minimum atomic E-state index is -0.998. The van der Waals surface area contributed by atoms with Crippen molar-refractivity contribution in [1.29, 1.82) is 0 Å². The van der Waals surface area contributed by atoms with E-state index in [9.17, 15) is 9.59 Å². The number of carbonyl (C=O) groups excluding carboxylic acids is 1. The van der Waals surface area contributed by atoms with E-state index in [4.69, 9.17) is 5.11 Å². The van der Waals surface area contributed by atoms with Gasteiger partial charge < -0.3 is 10.0 Å². The largest absolute Gasteiger partial charge is 0.480 e. The molecule has 5 heteroatoms. The van der Waals surface area contributed by atoms with Gasteiger partial charge in [-0.3, -0.25) is 9.59 Å². The van der Waals surface area contributed by atoms with E-state index < -0.39 is 11.4 Å². The lowest BCUT2D eigenvalue weighted by atomic mass is 9.83. The van der Waals surface area contributed by atoms with Crippen LogP contribution in [-0.4, -0.2) is 35.0 Å². The monoisotopic (exact) mass is 327 g/mol. The van der Waals surface area contributed by atoms with E-state index in [2.05, 4.69) is 15.9 Å². The number of carboxylic acids is 1. The molecule has 0 bridgehead atoms. The van der Waals surface area contributed by atoms with Crippen LogP contribution in [0.5, 0.6) is 0 Å². The van der Waals surface area contributed by atoms with Gasteiger partial charge in [-0.05, 0) is 38.5 Å². The zero-order valence-electron chi connectivity index (χ0n) is 11.3. The second-order valence-electron chi connectivity index (χ2n) is 4.84. The summed E-state index contributed by atoms with van der Waals surface area (Å²) in [5, 5.41) is 8.84. The number of carboxylic acid groups (broad SMARTS) is 1. The third-order valence-electron chi connectivity index (χ3n) is 3.10. The van der Waals surface area contributed by atoms with Crippen molar-refractivity contribution < 1.29 is 14.7 Å². The molecule has 1 aromatic carbocycles. The summed E-state index contributed by atoms with van der Waals surface area (Å²) in [6.07, 6.45) is 0. The molecule has 1 amide bonds. The molecule has 0 radical (unpaired) electrons. The summed E-state index contributed by atoms with van der Waals surface area (Å²) in [7, 11) is 0. The number of carbonyl (C=O) groups is 2. The van der Waals surface area contributed by atoms with Crippen LogP contribution in [0.25, 0.3) is 0 Å². The lowest BCUT2D eigenvalue weighted by molar-refractivity contribution is -0.146. The average Bonchev–Trinajstić information content (AvgIpc) is 2.35. The average molecular weight is 328 g/mol. The summed E-state index contributed by atoms with van der Waals surface area (Å²) >= 11 is 3.35. The van der Waals surface area contributed by atoms with Crippen molar-refractivity contribution >= 4 is 27.8 Å². The zero-order chi connectivity index (χ0) is 14.6. The molecule has 1 N–H and O–H groups in total. The normalized spacial score (nSPS) is 11.2. The van der Waals surface area contributed by atoms with Gasteiger partial charge in [0.15, 0.2) is 0 Å². The number of hydrogen-bond donors (Lipinski definition) is 1. The molecule has 0 saturated carbocycles. The molecule has 0 fully saturated rings. The van der Waals surface area contributed by atoms with Crippen LogP contribution in [0.3, 0.4) is 0 Å². The molecule has 4 nitrogen and oxygen atoms in total. The SMILES string of the molecule is CCN(CC(=O)O)C(=O)C(C)(C)c1ccc(Br)cc1. The van der Waals surface area contributed by atoms with Crippen LogP contribution in [0.2, 0.25) is 0 Å². The van der Waals surface area contributed by atoms with Crippen LogP contribution < -0.4 is 0 Å². The highest BCUT2D eigenvalue weighted by Gasteiger charge is 2.33. The van der Waals surface area contributed by atoms with Gasteiger partial charge in [0, 0.05) is 11.0 Å². The molecule has 0 aliphatic rings. The van der Waals surface area contributed by atoms with E-state index in [1.807, 2.05) is 38.1 Å². The van der Waals surface area contributed by atoms with Crippen LogP contribution >= 0.6 is 15.9 Å². The van der Waals surface area contributed by atoms with Crippen LogP contribution in [0.15, 0.2) is 28.7 Å². The molecule has 0 spiro atoms. The van der Waals surface area contributed by atoms with Gasteiger partial charge >= 0.3 is 5.97 Å². The van der Waals surface area contributed by atoms with E-state index in [1.54, 1.807) is 6.92 Å². The predicted octanol–water partition coefficient (Wildman–Crippen LogP) is 2.66. The Bertz CT molecular complexity index is 468. The van der Waals surface area contributed by atoms with Crippen molar-refractivity contribution in [3.63, 3.8) is 0 Å². The third-order valence-corrected chi connectivity index (χ3v) is 3.62. The summed E-state index contributed by atoms with van der Waals surface area (Å²) in [5.74, 6) is -1.18. The van der Waals surface area contributed by atoms with Crippen molar-refractivity contribution in [1.82, 2.24) is 4.90 Å². The number of benzene rings is 1. The Labute approximate surface area is 121 Å². The Balaban J connectivity index is 3.00. The topological polar surface area (TPSA) is 57.6 Å². The molecule has 19 heavy (non-hydrogen) atoms. The van der Waals surface area contributed by atoms with Gasteiger partial charge in [-0.2, -0.15) is 0 Å². The summed E-state index contributed by atoms with van der Waals surface area (Å²) in [4.78, 5) is 24.6. The van der Waals surface area contributed by atoms with Crippen LogP contribution in [0.4, 0.5) is 0 Å². The Kier molecular flexibility index (Phi) is 5.11. The van der Waals surface area contributed by atoms with E-state index in [1.165, 1.54) is 4.90 Å². The summed E-state index contributed by atoms with van der Waals surface area (Å²) in [6.45, 7) is 5.51. The molecule has 0 aromatic heterocycles. The molecule has 0 aliphatic heterocycles. The smallest absolute Gasteiger partial charge is 0.323 e. The fourth-order valence-corrected chi connectivity index (χ4v) is 2.14. The minimum absolute atomic E-state index is 0.181. The fourth-order valence-electron chi connectivity index (χ4n) is 1.88. The van der Waals surface area contributed by atoms with Crippen LogP contribution in [0.1, 0.15) is 26.3 Å². The minimum Gasteiger partial charge on any atom is -0.480 e. The molecule has 0 heterocycles. The lowest BCUT2D eigenvalue weighted by Gasteiger charge is -2.30. The molecule has 0 aliphatic carbocycles. The maximum atomic E-state index is 12.5. The van der Waals surface area contributed by atoms with Crippen molar-refractivity contribution in [2.24, 2.45) is 0 Å². The molecular weight excluding hydrogens is 310 g/mol. The van der Waals surface area contributed by atoms with Crippen LogP contribution in [0, 0.1) is 0 Å². The quantitative estimate of drug-likeness (QED) is 0.904. The first kappa shape index (κ1) is 15.7. The van der Waals surface area contributed by atoms with Gasteiger partial charge in [0.1, 0.15) is 6.54 Å². The maximum Gasteiger partial charge on any atom is 0.323 e. The Morgan fingerprint density at radius 2 is 1.79 bits per heavy atom. The second kappa shape index (κ2) is 6.19. The van der Waals surface area contributed by atoms with Gasteiger partial charge in [0.25, 0.3) is 0 Å². The summed E-state index contributed by atoms with van der Waals surface area (Å²) in [6, 6.07) is 7.49. The Morgan fingerprint density at radius 1 is 1.26 bits per heavy atom. The number of hydrogen-bond acceptors (Lipinski definition) is 2. The highest BCUT2D eigenvalue weighted by Crippen LogP contribution is 2.27. The first-order valence-corrected chi connectivity index (χ1v) is 6.85. The molecule has 1 rings (SSSR count). The molecule has 0 saturated heterocycles. The predicted molar refractivity (Wildman–Crippen MR) is 77.1 cm³/mol. The van der Waals surface area contributed by atoms with Crippen molar-refractivity contribution in [3.05, 3.63) is 34.3 Å². The van der Waals surface area contributed by atoms with E-state index in [-0.39, 0.29) is 12.5 Å². The van der Waals surface area contributed by atoms with Gasteiger partial charge in [-0.25, -0.2) is 0 Å². The van der Waals surface area contributed by atoms with E-state index in [0.29, 0.717) is 6.54 Å². The number of aliphatic carboxylic acids is 1. The Morgan fingerprint density at radius 3 is 2.21 bits per heavy atom. The standard InChI is InChI=1S/C14H18BrNO3/c1-4-16(9-12(17)18)13(19)14(2,3)10-5-7-11(15)8-6-10/h5-8H,4,9H2,1-3H3,(H,17,18). The molecule has 104 valence electrons. The number of nitrogens with zero attached hydrogens (tertiary/aromatic N) is 1. The zero-order valence-corrected chi connectivity index (χ0v) is 12.9. The Hall–Kier alpha value is -1.36. The van der Waals surface area contributed by atoms with Gasteiger partial charge in [0.2, 0.25) is 5.91 Å². The highest BCUT2D eigenvalue weighted by atomic mass is 79.9. The van der Waals surface area contributed by atoms with E-state index >= 15 is 0 Å². The highest BCUT2D eigenvalue weighted by molar-refractivity contribution is 9.10. The van der Waals surface area contributed by atoms with Crippen molar-refractivity contribution in [2.75, 3.05) is 13.1 Å². The fraction of sp³-hybridized carbons (Fsp3) is 0.429. The molecule has 0 atom stereocenters. The van der Waals surface area contributed by atoms with Crippen LogP contribution in [-0.2, 0) is 15.0 Å². The summed E-state index contributed by atoms with van der Waals surface area (Å²) in [5.41, 5.74) is 0.121. The number of rotatable bonds is 5. The number of halogens is 1. The van der Waals surface area contributed by atoms with Gasteiger partial charge in [0.05, 0.1) is 5.41 Å². The van der Waals surface area contributed by atoms with Crippen molar-refractivity contribution in [2.45, 2.75) is 26.2 Å². The molecule has 0 unspecified atom stereocenters. The lowest BCUT2D eigenvalue weighted by Crippen LogP contribution is -2.45. The third kappa shape index (κ3) is 3.80. The first-order chi connectivity index (χ1) is 8.78. The van der Waals surface area contributed by atoms with Gasteiger partial charge in [-0.1, -0.05) is 28.1 Å². The van der Waals surface area contributed by atoms with Crippen molar-refractivity contribution in [3.8, 4) is 0 Å². The summed E-state index contributed by atoms with van der Waals surface area (Å²) < 4.78 is 0.942. The molecular formula is C14H18BrNO3.